The smallest absolute Gasteiger partial charge is 0.318 e. The van der Waals surface area contributed by atoms with Crippen LogP contribution in [0.15, 0.2) is 0 Å². The Hall–Kier alpha value is -3.32. The first kappa shape index (κ1) is 88.3. The summed E-state index contributed by atoms with van der Waals surface area (Å²) in [6.07, 6.45) is 4.15. The van der Waals surface area contributed by atoms with Gasteiger partial charge in [-0.3, -0.25) is 38.4 Å². The number of ketones is 4. The van der Waals surface area contributed by atoms with E-state index in [0.717, 1.165) is 13.0 Å². The Morgan fingerprint density at radius 1 is 0.507 bits per heavy atom. The largest absolute Gasteiger partial charge is 0.464 e. The van der Waals surface area contributed by atoms with Crippen LogP contribution in [0, 0.1) is 62.1 Å². The zero-order valence-electron chi connectivity index (χ0n) is 53.3. The molecule has 75 heavy (non-hydrogen) atoms. The van der Waals surface area contributed by atoms with Gasteiger partial charge in [0.15, 0.2) is 5.78 Å². The first-order valence-electron chi connectivity index (χ1n) is 26.9. The molecule has 0 aromatic heterocycles. The fourth-order valence-electron chi connectivity index (χ4n) is 5.25. The molecule has 4 N–H and O–H groups in total. The molecule has 1 unspecified atom stereocenters. The minimum absolute atomic E-state index is 0. The molecule has 450 valence electrons. The molecular formula is C62H127N3O10. The SMILES string of the molecule is C.C.CC(C)(C)C(=O)C(C)(C)C.CC(C)(C)C(=O)CCC(N)C(=O)C(C)(C)C.CC(C)(C)CCCNC(C)(C)C.CC(C)C(=O)NCCOC(=O)C(C)C.CC(C)C(=O)OC(=O)C(C)(C)C.CC(C)CC(=O)C(C)C. The van der Waals surface area contributed by atoms with Gasteiger partial charge in [-0.25, -0.2) is 0 Å². The number of esters is 3. The van der Waals surface area contributed by atoms with Crippen LogP contribution in [0.4, 0.5) is 0 Å². The number of carbonyl (C=O) groups excluding carboxylic acids is 8. The first-order chi connectivity index (χ1) is 32.1. The van der Waals surface area contributed by atoms with Crippen molar-refractivity contribution >= 4 is 46.9 Å². The van der Waals surface area contributed by atoms with E-state index in [1.807, 2.05) is 111 Å². The molecule has 0 heterocycles. The molecule has 13 nitrogen and oxygen atoms in total. The van der Waals surface area contributed by atoms with E-state index in [-0.39, 0.29) is 90.4 Å². The van der Waals surface area contributed by atoms with E-state index in [2.05, 4.69) is 70.8 Å². The van der Waals surface area contributed by atoms with Crippen LogP contribution in [0.1, 0.15) is 262 Å². The Balaban J connectivity index is -0.000000120. The molecule has 1 amide bonds. The topological polar surface area (TPSA) is 205 Å². The van der Waals surface area contributed by atoms with E-state index in [9.17, 15) is 38.4 Å². The standard InChI is InChI=1S/C13H25NO2.C11H25N.C10H19NO3.C9H16O3.C9H18O.C8H16O.2CH4/c1-12(2,3)10(15)8-7-9(14)11(16)13(4,5)6;1-10(2,3)8-7-9-12-11(4,5)6;1-7(2)9(12)11-5-6-14-10(13)8(3)4;1-6(2)7(10)12-8(11)9(3,4)5;1-8(2,3)7(10)9(4,5)6;1-6(2)5-8(9)7(3)4;;/h9H,7-8,14H2,1-6H3;12H,7-9H2,1-6H3;7-8H,5-6H2,1-4H3,(H,11,12);6H,1-5H3;1-6H3;6-7H,5H2,1-4H3;2*1H4. The van der Waals surface area contributed by atoms with Gasteiger partial charge in [-0.15, -0.1) is 0 Å². The summed E-state index contributed by atoms with van der Waals surface area (Å²) in [5.74, 6) is 0.0181. The van der Waals surface area contributed by atoms with Gasteiger partial charge in [-0.05, 0) is 78.7 Å². The lowest BCUT2D eigenvalue weighted by Gasteiger charge is -2.26. The normalized spacial score (nSPS) is 12.2. The van der Waals surface area contributed by atoms with Crippen molar-refractivity contribution in [2.24, 2.45) is 67.8 Å². The van der Waals surface area contributed by atoms with Gasteiger partial charge in [0, 0.05) is 51.9 Å². The Bertz CT molecular complexity index is 1560. The minimum Gasteiger partial charge on any atom is -0.464 e. The van der Waals surface area contributed by atoms with Gasteiger partial charge in [0.2, 0.25) is 5.91 Å². The monoisotopic (exact) mass is 1070 g/mol. The highest BCUT2D eigenvalue weighted by atomic mass is 16.6. The summed E-state index contributed by atoms with van der Waals surface area (Å²) in [5, 5.41) is 6.15. The lowest BCUT2D eigenvalue weighted by Crippen LogP contribution is -2.39. The van der Waals surface area contributed by atoms with Crippen molar-refractivity contribution in [1.29, 1.82) is 0 Å². The van der Waals surface area contributed by atoms with Crippen LogP contribution in [0.25, 0.3) is 0 Å². The van der Waals surface area contributed by atoms with Crippen LogP contribution >= 0.6 is 0 Å². The quantitative estimate of drug-likeness (QED) is 0.0750. The van der Waals surface area contributed by atoms with Crippen LogP contribution in [0.2, 0.25) is 0 Å². The number of hydrogen-bond donors (Lipinski definition) is 3. The summed E-state index contributed by atoms with van der Waals surface area (Å²) < 4.78 is 9.48. The number of ether oxygens (including phenoxy) is 2. The van der Waals surface area contributed by atoms with Crippen molar-refractivity contribution < 1.29 is 47.8 Å². The van der Waals surface area contributed by atoms with Gasteiger partial charge < -0.3 is 25.8 Å². The number of carbonyl (C=O) groups is 8. The van der Waals surface area contributed by atoms with E-state index < -0.39 is 28.8 Å². The molecule has 0 aliphatic rings. The van der Waals surface area contributed by atoms with Gasteiger partial charge in [0.05, 0.1) is 29.8 Å². The summed E-state index contributed by atoms with van der Waals surface area (Å²) >= 11 is 0. The molecule has 1 atom stereocenters. The average Bonchev–Trinajstić information content (AvgIpc) is 3.17. The van der Waals surface area contributed by atoms with Gasteiger partial charge in [-0.2, -0.15) is 0 Å². The van der Waals surface area contributed by atoms with Crippen LogP contribution in [-0.2, 0) is 47.8 Å². The van der Waals surface area contributed by atoms with E-state index in [0.29, 0.717) is 42.3 Å². The fraction of sp³-hybridized carbons (Fsp3) is 0.871. The van der Waals surface area contributed by atoms with Gasteiger partial charge in [-0.1, -0.05) is 188 Å². The Morgan fingerprint density at radius 2 is 0.920 bits per heavy atom. The molecule has 0 saturated heterocycles. The highest BCUT2D eigenvalue weighted by Gasteiger charge is 2.32. The van der Waals surface area contributed by atoms with Crippen LogP contribution < -0.4 is 16.4 Å². The summed E-state index contributed by atoms with van der Waals surface area (Å²) in [5.41, 5.74) is 4.79. The van der Waals surface area contributed by atoms with Crippen molar-refractivity contribution in [1.82, 2.24) is 10.6 Å². The molecule has 0 aromatic rings. The first-order valence-corrected chi connectivity index (χ1v) is 26.9. The number of hydrogen-bond acceptors (Lipinski definition) is 12. The second kappa shape index (κ2) is 40.0. The molecule has 0 aliphatic heterocycles. The summed E-state index contributed by atoms with van der Waals surface area (Å²) in [4.78, 5) is 90.1. The number of rotatable bonds is 16. The number of Topliss-reactive ketones (excluding diaryl/α,β-unsaturated/α-hetero) is 4. The molecule has 13 heteroatoms. The molecule has 0 spiro atoms. The molecule has 0 bridgehead atoms. The van der Waals surface area contributed by atoms with E-state index in [4.69, 9.17) is 10.5 Å². The third kappa shape index (κ3) is 58.2. The molecule has 0 aromatic carbocycles. The van der Waals surface area contributed by atoms with Gasteiger partial charge >= 0.3 is 17.9 Å². The predicted molar refractivity (Wildman–Crippen MR) is 318 cm³/mol. The zero-order valence-corrected chi connectivity index (χ0v) is 53.3. The van der Waals surface area contributed by atoms with Crippen molar-refractivity contribution in [3.63, 3.8) is 0 Å². The number of nitrogens with one attached hydrogen (secondary N) is 2. The van der Waals surface area contributed by atoms with Crippen LogP contribution in [0.5, 0.6) is 0 Å². The van der Waals surface area contributed by atoms with Crippen molar-refractivity contribution in [3.8, 4) is 0 Å². The zero-order chi connectivity index (χ0) is 60.1. The predicted octanol–water partition coefficient (Wildman–Crippen LogP) is 14.4. The summed E-state index contributed by atoms with van der Waals surface area (Å²) in [7, 11) is 0. The van der Waals surface area contributed by atoms with E-state index in [1.165, 1.54) is 12.8 Å². The maximum absolute atomic E-state index is 11.8. The van der Waals surface area contributed by atoms with Gasteiger partial charge in [0.1, 0.15) is 24.0 Å². The number of amides is 1. The molecule has 0 radical (unpaired) electrons. The van der Waals surface area contributed by atoms with Crippen LogP contribution in [-0.4, -0.2) is 78.2 Å². The lowest BCUT2D eigenvalue weighted by atomic mass is 9.76. The second-order valence-corrected chi connectivity index (χ2v) is 28.2. The molecule has 0 rings (SSSR count). The summed E-state index contributed by atoms with van der Waals surface area (Å²) in [6.45, 7) is 62.0. The lowest BCUT2D eigenvalue weighted by molar-refractivity contribution is -0.167. The maximum Gasteiger partial charge on any atom is 0.318 e. The van der Waals surface area contributed by atoms with Crippen molar-refractivity contribution in [2.75, 3.05) is 19.7 Å². The molecule has 0 aliphatic carbocycles. The van der Waals surface area contributed by atoms with Crippen molar-refractivity contribution in [3.05, 3.63) is 0 Å². The Kier molecular flexibility index (Phi) is 47.0. The highest BCUT2D eigenvalue weighted by molar-refractivity contribution is 5.90. The van der Waals surface area contributed by atoms with E-state index >= 15 is 0 Å². The second-order valence-electron chi connectivity index (χ2n) is 28.2. The fourth-order valence-corrected chi connectivity index (χ4v) is 5.25. The number of nitrogens with two attached hydrogens (primary N) is 1. The third-order valence-corrected chi connectivity index (χ3v) is 9.89. The highest BCUT2D eigenvalue weighted by Crippen LogP contribution is 2.28. The molecular weight excluding hydrogens is 947 g/mol. The van der Waals surface area contributed by atoms with Gasteiger partial charge in [0.25, 0.3) is 0 Å². The Morgan fingerprint density at radius 3 is 1.17 bits per heavy atom. The third-order valence-electron chi connectivity index (χ3n) is 9.89. The maximum atomic E-state index is 11.8. The summed E-state index contributed by atoms with van der Waals surface area (Å²) in [6, 6.07) is -0.522. The molecule has 0 saturated carbocycles. The molecule has 0 fully saturated rings. The van der Waals surface area contributed by atoms with Crippen LogP contribution in [0.3, 0.4) is 0 Å². The minimum atomic E-state index is -0.607. The Labute approximate surface area is 464 Å². The van der Waals surface area contributed by atoms with E-state index in [1.54, 1.807) is 48.5 Å². The average molecular weight is 1070 g/mol. The van der Waals surface area contributed by atoms with Crippen molar-refractivity contribution in [2.45, 2.75) is 273 Å².